The fourth-order valence-electron chi connectivity index (χ4n) is 8.78. The van der Waals surface area contributed by atoms with Gasteiger partial charge in [0, 0.05) is 34.3 Å². The second-order valence-electron chi connectivity index (χ2n) is 15.3. The minimum absolute atomic E-state index is 0.0884. The Balaban J connectivity index is 1.53. The van der Waals surface area contributed by atoms with E-state index in [4.69, 9.17) is 19.4 Å². The highest BCUT2D eigenvalue weighted by atomic mass is 32.1. The molecule has 0 bridgehead atoms. The maximum absolute atomic E-state index is 11.8. The zero-order valence-corrected chi connectivity index (χ0v) is 37.0. The van der Waals surface area contributed by atoms with E-state index in [0.29, 0.717) is 78.3 Å². The first-order valence-corrected chi connectivity index (χ1v) is 22.4. The van der Waals surface area contributed by atoms with Crippen molar-refractivity contribution in [2.24, 2.45) is 0 Å². The number of hydrogen-bond donors (Lipinski definition) is 2. The molecule has 0 spiro atoms. The van der Waals surface area contributed by atoms with Crippen LogP contribution in [-0.2, 0) is 0 Å². The van der Waals surface area contributed by atoms with Crippen LogP contribution in [0.2, 0.25) is 6.82 Å². The monoisotopic (exact) mass is 882 g/mol. The summed E-state index contributed by atoms with van der Waals surface area (Å²) >= 11 is 2.83. The van der Waals surface area contributed by atoms with E-state index in [-0.39, 0.29) is 11.5 Å². The van der Waals surface area contributed by atoms with Gasteiger partial charge in [0.25, 0.3) is 0 Å². The number of hydrogen-bond acceptors (Lipinski definition) is 10. The molecule has 65 heavy (non-hydrogen) atoms. The second kappa shape index (κ2) is 16.9. The Hall–Kier alpha value is -8.03. The third-order valence-electron chi connectivity index (χ3n) is 11.6. The molecule has 0 saturated carbocycles. The van der Waals surface area contributed by atoms with Crippen LogP contribution in [0, 0.1) is 22.7 Å². The number of aromatic nitrogens is 4. The molecule has 0 aliphatic carbocycles. The van der Waals surface area contributed by atoms with Crippen LogP contribution in [0.25, 0.3) is 64.9 Å². The van der Waals surface area contributed by atoms with E-state index in [1.165, 1.54) is 22.7 Å². The summed E-state index contributed by atoms with van der Waals surface area (Å²) < 4.78 is 17.2. The van der Waals surface area contributed by atoms with Crippen molar-refractivity contribution < 1.29 is 19.7 Å². The molecule has 0 aliphatic heterocycles. The first-order valence-electron chi connectivity index (χ1n) is 20.8. The molecule has 0 aliphatic rings. The summed E-state index contributed by atoms with van der Waals surface area (Å²) in [4.78, 5) is 10.2. The van der Waals surface area contributed by atoms with E-state index in [0.717, 1.165) is 37.1 Å². The van der Waals surface area contributed by atoms with Crippen molar-refractivity contribution in [3.05, 3.63) is 166 Å². The lowest BCUT2D eigenvalue weighted by Crippen LogP contribution is -2.53. The summed E-state index contributed by atoms with van der Waals surface area (Å²) in [6.45, 7) is 1.50. The smallest absolute Gasteiger partial charge is 0.328 e. The van der Waals surface area contributed by atoms with E-state index in [1.54, 1.807) is 38.5 Å². The predicted octanol–water partition coefficient (Wildman–Crippen LogP) is 7.77. The van der Waals surface area contributed by atoms with Gasteiger partial charge in [0.15, 0.2) is 0 Å². The van der Waals surface area contributed by atoms with Gasteiger partial charge in [-0.2, -0.15) is 10.5 Å². The van der Waals surface area contributed by atoms with Gasteiger partial charge >= 0.3 is 6.85 Å². The minimum atomic E-state index is -0.530. The van der Waals surface area contributed by atoms with Gasteiger partial charge in [0.2, 0.25) is 7.41 Å². The molecule has 0 atom stereocenters. The molecule has 4 aromatic heterocycles. The number of benzene rings is 6. The molecule has 0 fully saturated rings. The quantitative estimate of drug-likeness (QED) is 0.133. The third kappa shape index (κ3) is 7.06. The molecule has 10 nitrogen and oxygen atoms in total. The number of aromatic hydroxyl groups is 2. The molecule has 4 heterocycles. The molecule has 14 heteroatoms. The van der Waals surface area contributed by atoms with Gasteiger partial charge in [-0.3, -0.25) is 0 Å². The topological polar surface area (TPSA) is 142 Å². The van der Waals surface area contributed by atoms with E-state index in [9.17, 15) is 20.7 Å². The van der Waals surface area contributed by atoms with Crippen LogP contribution >= 0.6 is 22.7 Å². The third-order valence-corrected chi connectivity index (χ3v) is 13.7. The number of ether oxygens (including phenoxy) is 2. The van der Waals surface area contributed by atoms with E-state index >= 15 is 0 Å². The van der Waals surface area contributed by atoms with Crippen LogP contribution in [-0.4, -0.2) is 57.6 Å². The number of thiazole rings is 2. The summed E-state index contributed by atoms with van der Waals surface area (Å²) in [5, 5.41) is 48.3. The number of phenols is 2. The van der Waals surface area contributed by atoms with Crippen molar-refractivity contribution in [3.63, 3.8) is 0 Å². The highest BCUT2D eigenvalue weighted by molar-refractivity contribution is 7.20. The molecule has 0 unspecified atom stereocenters. The van der Waals surface area contributed by atoms with Crippen molar-refractivity contribution in [3.8, 4) is 57.7 Å². The number of phenolic OH excluding ortho intramolecular Hbond substituents is 2. The highest BCUT2D eigenvalue weighted by Gasteiger charge is 2.34. The van der Waals surface area contributed by atoms with Crippen LogP contribution in [0.3, 0.4) is 0 Å². The lowest BCUT2D eigenvalue weighted by Gasteiger charge is -2.22. The largest absolute Gasteiger partial charge is 0.508 e. The molecule has 2 N–H and O–H groups in total. The molecule has 0 amide bonds. The summed E-state index contributed by atoms with van der Waals surface area (Å²) in [5.41, 5.74) is 6.87. The van der Waals surface area contributed by atoms with Crippen molar-refractivity contribution in [1.29, 1.82) is 10.5 Å². The van der Waals surface area contributed by atoms with Crippen LogP contribution in [0.4, 0.5) is 0 Å². The van der Waals surface area contributed by atoms with E-state index in [1.807, 2.05) is 104 Å². The molecule has 0 radical (unpaired) electrons. The van der Waals surface area contributed by atoms with Gasteiger partial charge in [-0.05, 0) is 83.9 Å². The molecule has 10 aromatic rings. The molecule has 10 rings (SSSR count). The Bertz CT molecular complexity index is 3620. The minimum Gasteiger partial charge on any atom is -0.508 e. The summed E-state index contributed by atoms with van der Waals surface area (Å²) in [6, 6.07) is 51.0. The molecular formula is C51H36B2N6O4S2. The van der Waals surface area contributed by atoms with E-state index < -0.39 is 6.85 Å². The number of fused-ring (bicyclic) bond motifs is 3. The molecule has 312 valence electrons. The van der Waals surface area contributed by atoms with Gasteiger partial charge in [0.1, 0.15) is 56.3 Å². The van der Waals surface area contributed by atoms with Gasteiger partial charge in [0.05, 0.1) is 45.4 Å². The average molecular weight is 883 g/mol. The second-order valence-corrected chi connectivity index (χ2v) is 17.3. The predicted molar refractivity (Wildman–Crippen MR) is 264 cm³/mol. The maximum Gasteiger partial charge on any atom is 0.328 e. The average Bonchev–Trinajstić information content (AvgIpc) is 4.12. The zero-order valence-electron chi connectivity index (χ0n) is 35.4. The maximum atomic E-state index is 11.8. The van der Waals surface area contributed by atoms with Crippen molar-refractivity contribution in [1.82, 2.24) is 18.9 Å². The summed E-state index contributed by atoms with van der Waals surface area (Å²) in [5.74, 6) is 1.48. The number of rotatable bonds is 10. The van der Waals surface area contributed by atoms with Gasteiger partial charge < -0.3 is 28.6 Å². The Morgan fingerprint density at radius 3 is 1.49 bits per heavy atom. The van der Waals surface area contributed by atoms with Crippen LogP contribution < -0.4 is 31.1 Å². The fraction of sp³-hybridized carbons (Fsp3) is 0.0588. The summed E-state index contributed by atoms with van der Waals surface area (Å²) in [7, 11) is 3.64. The first-order chi connectivity index (χ1) is 31.8. The highest BCUT2D eigenvalue weighted by Crippen LogP contribution is 2.38. The summed E-state index contributed by atoms with van der Waals surface area (Å²) in [6.07, 6.45) is 0. The van der Waals surface area contributed by atoms with Crippen LogP contribution in [0.1, 0.15) is 10.0 Å². The van der Waals surface area contributed by atoms with E-state index in [2.05, 4.69) is 45.4 Å². The molecular weight excluding hydrogens is 846 g/mol. The van der Waals surface area contributed by atoms with Crippen molar-refractivity contribution >= 4 is 90.2 Å². The molecule has 0 saturated heterocycles. The van der Waals surface area contributed by atoms with Crippen molar-refractivity contribution in [2.45, 2.75) is 6.82 Å². The van der Waals surface area contributed by atoms with Gasteiger partial charge in [-0.1, -0.05) is 78.4 Å². The zero-order chi connectivity index (χ0) is 44.8. The Kier molecular flexibility index (Phi) is 10.7. The van der Waals surface area contributed by atoms with Gasteiger partial charge in [-0.15, -0.1) is 22.7 Å². The Morgan fingerprint density at radius 1 is 0.600 bits per heavy atom. The lowest BCUT2D eigenvalue weighted by molar-refractivity contribution is 0.415. The van der Waals surface area contributed by atoms with Crippen LogP contribution in [0.15, 0.2) is 146 Å². The number of nitrogens with zero attached hydrogens (tertiary/aromatic N) is 6. The Morgan fingerprint density at radius 2 is 1.05 bits per heavy atom. The van der Waals surface area contributed by atoms with Gasteiger partial charge in [-0.25, -0.2) is 9.97 Å². The lowest BCUT2D eigenvalue weighted by atomic mass is 9.50. The molecule has 6 aromatic carbocycles. The first kappa shape index (κ1) is 41.0. The number of methoxy groups -OCH3 is 2. The van der Waals surface area contributed by atoms with Crippen molar-refractivity contribution in [2.75, 3.05) is 14.2 Å². The number of nitriles is 2. The standard InChI is InChI=1S/C51H36B2N6O4S2/c1-52-58-46(30-14-18-34(60)19-15-30)44-45(48(58)38(28-54)50-56-40-26-36(62-2)22-24-42(40)64-50)47(31-16-20-35(61)21-17-31)59(53(32-10-6-4-7-11-32)33-12-8-5-9-13-33)49(44)39(29-55)51-57-41-27-37(63-3)23-25-43(41)65-51/h4-27,52,60-61H,1-3H3/b48-38-,49-39-. The fourth-order valence-corrected chi connectivity index (χ4v) is 10.7. The SMILES string of the molecule is CBn1c(-c2ccc(O)cc2)c2/c(=C(\C#N)c3nc4cc(OC)ccc4s3)n(B(c3ccccc3)c3ccccc3)c(-c3ccc(O)cc3)c2/c1=C(\C#N)c1nc2cc(OC)ccc2s1. The Labute approximate surface area is 382 Å². The normalized spacial score (nSPS) is 12.2. The van der Waals surface area contributed by atoms with Crippen LogP contribution in [0.5, 0.6) is 23.0 Å².